The molecule has 2 aromatic heterocycles. The highest BCUT2D eigenvalue weighted by Gasteiger charge is 2.27. The molecule has 31 heavy (non-hydrogen) atoms. The Morgan fingerprint density at radius 2 is 1.97 bits per heavy atom. The molecule has 0 unspecified atom stereocenters. The van der Waals surface area contributed by atoms with Crippen LogP contribution in [0.3, 0.4) is 0 Å². The van der Waals surface area contributed by atoms with E-state index in [1.807, 2.05) is 12.1 Å². The number of hydrogen-bond acceptors (Lipinski definition) is 8. The summed E-state index contributed by atoms with van der Waals surface area (Å²) in [5.41, 5.74) is 3.16. The number of pyridine rings is 1. The summed E-state index contributed by atoms with van der Waals surface area (Å²) in [6.45, 7) is 2.49. The van der Waals surface area contributed by atoms with Crippen LogP contribution in [-0.4, -0.2) is 72.1 Å². The zero-order valence-corrected chi connectivity index (χ0v) is 18.0. The molecule has 1 aliphatic rings. The van der Waals surface area contributed by atoms with Crippen molar-refractivity contribution < 1.29 is 22.7 Å². The van der Waals surface area contributed by atoms with Gasteiger partial charge in [-0.05, 0) is 13.0 Å². The fraction of sp³-hybridized carbons (Fsp3) is 0.333. The van der Waals surface area contributed by atoms with E-state index < -0.39 is 16.1 Å². The lowest BCUT2D eigenvalue weighted by Crippen LogP contribution is -2.47. The van der Waals surface area contributed by atoms with Crippen molar-refractivity contribution in [3.05, 3.63) is 48.3 Å². The number of rotatable bonds is 6. The van der Waals surface area contributed by atoms with Crippen molar-refractivity contribution in [1.29, 1.82) is 0 Å². The Morgan fingerprint density at radius 1 is 1.23 bits per heavy atom. The summed E-state index contributed by atoms with van der Waals surface area (Å²) in [4.78, 5) is 24.8. The zero-order chi connectivity index (χ0) is 22.0. The Labute approximate surface area is 180 Å². The van der Waals surface area contributed by atoms with Gasteiger partial charge in [0.2, 0.25) is 15.9 Å². The standard InChI is InChI=1S/C21H22N4O5S/c1-14(26)15-3-5-16(6-4-15)18-11-19-20(23-8-7-22-19)21(24-18)30-13-17-12-25(9-10-29-17)31(2,27)28/h3-8,11,17H,9-10,12-13H2,1-2H3/t17-/m0/s1. The van der Waals surface area contributed by atoms with Crippen molar-refractivity contribution in [2.24, 2.45) is 0 Å². The maximum absolute atomic E-state index is 11.8. The lowest BCUT2D eigenvalue weighted by atomic mass is 10.1. The highest BCUT2D eigenvalue weighted by atomic mass is 32.2. The van der Waals surface area contributed by atoms with Crippen molar-refractivity contribution >= 4 is 26.8 Å². The van der Waals surface area contributed by atoms with Crippen LogP contribution in [-0.2, 0) is 14.8 Å². The Morgan fingerprint density at radius 3 is 2.68 bits per heavy atom. The van der Waals surface area contributed by atoms with Gasteiger partial charge in [0.25, 0.3) is 0 Å². The Kier molecular flexibility index (Phi) is 5.94. The molecule has 0 bridgehead atoms. The van der Waals surface area contributed by atoms with E-state index in [0.717, 1.165) is 5.56 Å². The maximum Gasteiger partial charge on any atom is 0.242 e. The molecular weight excluding hydrogens is 420 g/mol. The van der Waals surface area contributed by atoms with Crippen molar-refractivity contribution in [3.63, 3.8) is 0 Å². The van der Waals surface area contributed by atoms with Crippen LogP contribution in [0, 0.1) is 0 Å². The van der Waals surface area contributed by atoms with E-state index in [1.165, 1.54) is 17.5 Å². The lowest BCUT2D eigenvalue weighted by molar-refractivity contribution is -0.0252. The van der Waals surface area contributed by atoms with Crippen molar-refractivity contribution in [2.45, 2.75) is 13.0 Å². The fourth-order valence-corrected chi connectivity index (χ4v) is 4.18. The molecule has 0 aliphatic carbocycles. The number of ether oxygens (including phenoxy) is 2. The molecule has 3 aromatic rings. The highest BCUT2D eigenvalue weighted by Crippen LogP contribution is 2.27. The van der Waals surface area contributed by atoms with Gasteiger partial charge in [0.15, 0.2) is 11.3 Å². The SMILES string of the molecule is CC(=O)c1ccc(-c2cc3nccnc3c(OC[C@@H]3CN(S(C)(=O)=O)CCO3)n2)cc1. The van der Waals surface area contributed by atoms with Crippen LogP contribution in [0.2, 0.25) is 0 Å². The van der Waals surface area contributed by atoms with E-state index in [2.05, 4.69) is 15.0 Å². The van der Waals surface area contributed by atoms with Gasteiger partial charge in [-0.15, -0.1) is 0 Å². The Bertz CT molecular complexity index is 1210. The molecule has 0 saturated carbocycles. The van der Waals surface area contributed by atoms with Gasteiger partial charge in [-0.25, -0.2) is 18.4 Å². The minimum Gasteiger partial charge on any atom is -0.473 e. The van der Waals surface area contributed by atoms with Gasteiger partial charge in [0.1, 0.15) is 12.7 Å². The van der Waals surface area contributed by atoms with E-state index in [9.17, 15) is 13.2 Å². The molecule has 1 aliphatic heterocycles. The van der Waals surface area contributed by atoms with Crippen LogP contribution in [0.5, 0.6) is 5.88 Å². The summed E-state index contributed by atoms with van der Waals surface area (Å²) in [5.74, 6) is 0.278. The third kappa shape index (κ3) is 4.87. The first kappa shape index (κ1) is 21.3. The predicted octanol–water partition coefficient (Wildman–Crippen LogP) is 1.93. The smallest absolute Gasteiger partial charge is 0.242 e. The van der Waals surface area contributed by atoms with Gasteiger partial charge < -0.3 is 9.47 Å². The molecule has 10 heteroatoms. The first-order valence-electron chi connectivity index (χ1n) is 9.74. The quantitative estimate of drug-likeness (QED) is 0.533. The van der Waals surface area contributed by atoms with Gasteiger partial charge in [-0.3, -0.25) is 9.78 Å². The molecule has 9 nitrogen and oxygen atoms in total. The summed E-state index contributed by atoms with van der Waals surface area (Å²) < 4.78 is 36.6. The van der Waals surface area contributed by atoms with Gasteiger partial charge >= 0.3 is 0 Å². The summed E-state index contributed by atoms with van der Waals surface area (Å²) in [6, 6.07) is 8.94. The third-order valence-corrected chi connectivity index (χ3v) is 6.26. The number of hydrogen-bond donors (Lipinski definition) is 0. The number of fused-ring (bicyclic) bond motifs is 1. The van der Waals surface area contributed by atoms with E-state index in [0.29, 0.717) is 35.4 Å². The van der Waals surface area contributed by atoms with Crippen molar-refractivity contribution in [1.82, 2.24) is 19.3 Å². The molecular formula is C21H22N4O5S. The number of ketones is 1. The van der Waals surface area contributed by atoms with Crippen LogP contribution < -0.4 is 4.74 Å². The molecule has 162 valence electrons. The van der Waals surface area contributed by atoms with Gasteiger partial charge in [0, 0.05) is 36.6 Å². The van der Waals surface area contributed by atoms with Crippen LogP contribution >= 0.6 is 0 Å². The normalized spacial score (nSPS) is 17.5. The van der Waals surface area contributed by atoms with E-state index >= 15 is 0 Å². The topological polar surface area (TPSA) is 112 Å². The summed E-state index contributed by atoms with van der Waals surface area (Å²) >= 11 is 0. The largest absolute Gasteiger partial charge is 0.473 e. The average Bonchev–Trinajstić information content (AvgIpc) is 2.77. The number of aromatic nitrogens is 3. The molecule has 1 fully saturated rings. The predicted molar refractivity (Wildman–Crippen MR) is 114 cm³/mol. The van der Waals surface area contributed by atoms with Crippen molar-refractivity contribution in [3.8, 4) is 17.1 Å². The summed E-state index contributed by atoms with van der Waals surface area (Å²) in [6.07, 6.45) is 3.90. The second-order valence-electron chi connectivity index (χ2n) is 7.30. The summed E-state index contributed by atoms with van der Waals surface area (Å²) in [7, 11) is -3.29. The molecule has 1 aromatic carbocycles. The molecule has 0 amide bonds. The van der Waals surface area contributed by atoms with Gasteiger partial charge in [-0.2, -0.15) is 4.31 Å². The number of sulfonamides is 1. The van der Waals surface area contributed by atoms with Gasteiger partial charge in [-0.1, -0.05) is 24.3 Å². The maximum atomic E-state index is 11.8. The number of Topliss-reactive ketones (excluding diaryl/α,β-unsaturated/α-hetero) is 1. The Balaban J connectivity index is 1.60. The van der Waals surface area contributed by atoms with Crippen LogP contribution in [0.4, 0.5) is 0 Å². The minimum absolute atomic E-state index is 0.0106. The number of nitrogens with zero attached hydrogens (tertiary/aromatic N) is 4. The van der Waals surface area contributed by atoms with E-state index in [1.54, 1.807) is 30.6 Å². The first-order chi connectivity index (χ1) is 14.8. The van der Waals surface area contributed by atoms with Crippen molar-refractivity contribution in [2.75, 3.05) is 32.6 Å². The number of benzene rings is 1. The average molecular weight is 442 g/mol. The van der Waals surface area contributed by atoms with Crippen LogP contribution in [0.25, 0.3) is 22.3 Å². The highest BCUT2D eigenvalue weighted by molar-refractivity contribution is 7.88. The first-order valence-corrected chi connectivity index (χ1v) is 11.6. The molecule has 1 saturated heterocycles. The number of morpholine rings is 1. The monoisotopic (exact) mass is 442 g/mol. The number of carbonyl (C=O) groups is 1. The minimum atomic E-state index is -3.29. The van der Waals surface area contributed by atoms with Gasteiger partial charge in [0.05, 0.1) is 24.1 Å². The zero-order valence-electron chi connectivity index (χ0n) is 17.2. The molecule has 0 spiro atoms. The van der Waals surface area contributed by atoms with Crippen LogP contribution in [0.1, 0.15) is 17.3 Å². The second-order valence-corrected chi connectivity index (χ2v) is 9.28. The Hall–Kier alpha value is -2.95. The van der Waals surface area contributed by atoms with E-state index in [4.69, 9.17) is 9.47 Å². The molecule has 4 rings (SSSR count). The molecule has 1 atom stereocenters. The third-order valence-electron chi connectivity index (χ3n) is 4.99. The fourth-order valence-electron chi connectivity index (χ4n) is 3.33. The van der Waals surface area contributed by atoms with Crippen LogP contribution in [0.15, 0.2) is 42.7 Å². The molecule has 3 heterocycles. The molecule has 0 radical (unpaired) electrons. The summed E-state index contributed by atoms with van der Waals surface area (Å²) in [5, 5.41) is 0. The molecule has 0 N–H and O–H groups in total. The van der Waals surface area contributed by atoms with E-state index in [-0.39, 0.29) is 24.8 Å². The lowest BCUT2D eigenvalue weighted by Gasteiger charge is -2.30. The number of carbonyl (C=O) groups excluding carboxylic acids is 1. The second kappa shape index (κ2) is 8.66.